The fraction of sp³-hybridized carbons (Fsp3) is 0. The number of nitriles is 1. The van der Waals surface area contributed by atoms with Crippen molar-refractivity contribution in [3.05, 3.63) is 79.3 Å². The third kappa shape index (κ3) is 3.30. The Morgan fingerprint density at radius 2 is 1.06 bits per heavy atom. The van der Waals surface area contributed by atoms with Crippen molar-refractivity contribution in [3.63, 3.8) is 0 Å². The van der Waals surface area contributed by atoms with Crippen LogP contribution in [-0.4, -0.2) is 23.6 Å². The fourth-order valence-corrected chi connectivity index (χ4v) is 5.91. The molecule has 0 saturated carbocycles. The number of carbonyl (C=O) groups excluding carboxylic acids is 4. The van der Waals surface area contributed by atoms with Crippen LogP contribution in [0.3, 0.4) is 0 Å². The van der Waals surface area contributed by atoms with Gasteiger partial charge in [0, 0.05) is 53.7 Å². The number of amides is 4. The van der Waals surface area contributed by atoms with Crippen LogP contribution in [0.4, 0.5) is 0 Å². The first kappa shape index (κ1) is 25.9. The molecule has 0 radical (unpaired) electrons. The van der Waals surface area contributed by atoms with Gasteiger partial charge in [-0.3, -0.25) is 0 Å². The smallest absolute Gasteiger partial charge is 0.587 e. The molecular weight excluding hydrogens is 657 g/mol. The van der Waals surface area contributed by atoms with E-state index < -0.39 is 23.6 Å². The number of nitrogens with zero attached hydrogens (tertiary/aromatic N) is 3. The Morgan fingerprint density at radius 3 is 1.60 bits per heavy atom. The van der Waals surface area contributed by atoms with E-state index in [2.05, 4.69) is 32.6 Å². The van der Waals surface area contributed by atoms with Crippen molar-refractivity contribution in [1.29, 1.82) is 5.26 Å². The summed E-state index contributed by atoms with van der Waals surface area (Å²) in [6, 6.07) is 12.0. The Hall–Kier alpha value is -0.740. The Morgan fingerprint density at radius 1 is 0.600 bits per heavy atom. The predicted octanol–water partition coefficient (Wildman–Crippen LogP) is -0.285. The molecule has 0 saturated heterocycles. The monoisotopic (exact) mass is 661 g/mol. The Kier molecular flexibility index (Phi) is 6.61. The number of carbonyl (C=O) groups is 4. The first-order valence-corrected chi connectivity index (χ1v) is 10.6. The van der Waals surface area contributed by atoms with Gasteiger partial charge in [-0.25, -0.2) is 0 Å². The second kappa shape index (κ2) is 8.93. The molecule has 10 heteroatoms. The summed E-state index contributed by atoms with van der Waals surface area (Å²) in [4.78, 5) is 50.2. The van der Waals surface area contributed by atoms with E-state index in [-0.39, 0.29) is 128 Å². The number of halogens is 1. The molecule has 0 bridgehead atoms. The third-order valence-electron chi connectivity index (χ3n) is 6.50. The zero-order chi connectivity index (χ0) is 22.8. The number of imide groups is 2. The molecule has 0 fully saturated rings. The van der Waals surface area contributed by atoms with Crippen LogP contribution < -0.4 is 116 Å². The second-order valence-corrected chi connectivity index (χ2v) is 8.86. The average molecular weight is 663 g/mol. The second-order valence-electron chi connectivity index (χ2n) is 8.01. The number of benzene rings is 5. The maximum Gasteiger partial charge on any atom is 1.00 e. The molecule has 0 spiro atoms. The molecule has 0 aliphatic carbocycles. The van der Waals surface area contributed by atoms with Crippen molar-refractivity contribution in [1.82, 2.24) is 0 Å². The van der Waals surface area contributed by atoms with Crippen molar-refractivity contribution >= 4 is 82.6 Å². The van der Waals surface area contributed by atoms with Crippen LogP contribution >= 0.6 is 15.9 Å². The van der Waals surface area contributed by atoms with Gasteiger partial charge >= 0.3 is 116 Å². The van der Waals surface area contributed by atoms with Gasteiger partial charge in [0.05, 0.1) is 35.3 Å². The van der Waals surface area contributed by atoms with Gasteiger partial charge in [-0.15, -0.1) is 0 Å². The van der Waals surface area contributed by atoms with Gasteiger partial charge in [-0.1, -0.05) is 40.2 Å². The minimum atomic E-state index is -0.680. The molecule has 5 aromatic carbocycles. The Balaban J connectivity index is 0.00000127. The van der Waals surface area contributed by atoms with Gasteiger partial charge in [-0.2, -0.15) is 5.26 Å². The summed E-state index contributed by atoms with van der Waals surface area (Å²) in [6.07, 6.45) is 0. The first-order valence-electron chi connectivity index (χ1n) is 9.85. The zero-order valence-corrected chi connectivity index (χ0v) is 29.7. The summed E-state index contributed by atoms with van der Waals surface area (Å²) in [7, 11) is 0. The number of hydrogen-bond acceptors (Lipinski definition) is 5. The van der Waals surface area contributed by atoms with Gasteiger partial charge in [0.15, 0.2) is 0 Å². The summed E-state index contributed by atoms with van der Waals surface area (Å²) in [5.41, 5.74) is 1.36. The van der Waals surface area contributed by atoms with Crippen molar-refractivity contribution in [3.8, 4) is 6.07 Å². The van der Waals surface area contributed by atoms with Crippen molar-refractivity contribution in [2.24, 2.45) is 0 Å². The van der Waals surface area contributed by atoms with E-state index in [0.717, 1.165) is 5.39 Å². The summed E-state index contributed by atoms with van der Waals surface area (Å²) < 4.78 is 0.601. The van der Waals surface area contributed by atoms with Crippen LogP contribution in [0.1, 0.15) is 47.0 Å². The normalized spacial score (nSPS) is 14.1. The average Bonchev–Trinajstić information content (AvgIpc) is 2.80. The predicted molar refractivity (Wildman–Crippen MR) is 124 cm³/mol. The molecule has 7 nitrogen and oxygen atoms in total. The fourth-order valence-electron chi connectivity index (χ4n) is 5.27. The van der Waals surface area contributed by atoms with Crippen molar-refractivity contribution < 1.29 is 136 Å². The molecular formula is C25H6BrN3O4Rb2. The van der Waals surface area contributed by atoms with Gasteiger partial charge in [0.1, 0.15) is 0 Å². The molecule has 154 valence electrons. The van der Waals surface area contributed by atoms with Crippen molar-refractivity contribution in [2.45, 2.75) is 0 Å². The van der Waals surface area contributed by atoms with E-state index in [1.165, 1.54) is 6.07 Å². The van der Waals surface area contributed by atoms with Gasteiger partial charge in [-0.05, 0) is 28.3 Å². The molecule has 5 aromatic rings. The van der Waals surface area contributed by atoms with Crippen LogP contribution in [0.5, 0.6) is 0 Å². The van der Waals surface area contributed by atoms with Crippen LogP contribution in [0, 0.1) is 11.3 Å². The molecule has 7 rings (SSSR count). The number of rotatable bonds is 0. The topological polar surface area (TPSA) is 120 Å². The van der Waals surface area contributed by atoms with E-state index >= 15 is 0 Å². The minimum absolute atomic E-state index is 0. The SMILES string of the molecule is N#Cc1cc2c3c(ccc4c5c(Br)cc6c7c(ccc(c1c34)c75)C(=O)[N-]C6=O)C(=O)[N-]C2=O.[Rb+].[Rb+]. The standard InChI is InChI=1S/C25H8BrN3O4.2Rb/c26-15-6-14-18-12(23(31)29-25(14)33)3-1-9-16-8(7-27)5-13-17-11(22(30)28-24(13)32)4-2-10(20(16)17)19(15)21(9)18;;/h1-6H,(H2,28,29,30,31,32,33);;/q;2*+1/p-2. The van der Waals surface area contributed by atoms with Crippen LogP contribution in [0.2, 0.25) is 0 Å². The first-order chi connectivity index (χ1) is 15.9. The van der Waals surface area contributed by atoms with Gasteiger partial charge in [0.25, 0.3) is 0 Å². The zero-order valence-electron chi connectivity index (χ0n) is 18.3. The van der Waals surface area contributed by atoms with Crippen molar-refractivity contribution in [2.75, 3.05) is 0 Å². The third-order valence-corrected chi connectivity index (χ3v) is 7.13. The molecule has 4 amide bonds. The Bertz CT molecular complexity index is 1930. The van der Waals surface area contributed by atoms with Crippen LogP contribution in [-0.2, 0) is 0 Å². The molecule has 0 atom stereocenters. The molecule has 2 heterocycles. The maximum atomic E-state index is 12.6. The van der Waals surface area contributed by atoms with Crippen LogP contribution in [0.15, 0.2) is 40.9 Å². The van der Waals surface area contributed by atoms with Crippen LogP contribution in [0.25, 0.3) is 53.7 Å². The molecule has 2 aliphatic heterocycles. The molecule has 0 aromatic heterocycles. The van der Waals surface area contributed by atoms with E-state index in [1.54, 1.807) is 30.3 Å². The largest absolute Gasteiger partial charge is 1.00 e. The quantitative estimate of drug-likeness (QED) is 0.128. The van der Waals surface area contributed by atoms with E-state index in [9.17, 15) is 24.4 Å². The van der Waals surface area contributed by atoms with E-state index in [0.29, 0.717) is 58.9 Å². The summed E-state index contributed by atoms with van der Waals surface area (Å²) in [5.74, 6) is -2.53. The molecule has 0 N–H and O–H groups in total. The Labute approximate surface area is 303 Å². The van der Waals surface area contributed by atoms with Gasteiger partial charge in [0.2, 0.25) is 0 Å². The summed E-state index contributed by atoms with van der Waals surface area (Å²) in [5, 5.41) is 22.0. The van der Waals surface area contributed by atoms with E-state index in [4.69, 9.17) is 0 Å². The summed E-state index contributed by atoms with van der Waals surface area (Å²) in [6.45, 7) is 0. The minimum Gasteiger partial charge on any atom is -0.587 e. The number of hydrogen-bond donors (Lipinski definition) is 0. The maximum absolute atomic E-state index is 12.6. The molecule has 0 unspecified atom stereocenters. The summed E-state index contributed by atoms with van der Waals surface area (Å²) >= 11 is 3.58. The van der Waals surface area contributed by atoms with Gasteiger partial charge < -0.3 is 29.8 Å². The van der Waals surface area contributed by atoms with E-state index in [1.807, 2.05) is 0 Å². The molecule has 35 heavy (non-hydrogen) atoms. The number of fused-ring (bicyclic) bond motifs is 2. The molecule has 2 aliphatic rings.